The first kappa shape index (κ1) is 10.1. The molecular formula is C8H10N4O2. The van der Waals surface area contributed by atoms with Crippen LogP contribution >= 0.6 is 0 Å². The van der Waals surface area contributed by atoms with Crippen molar-refractivity contribution in [3.05, 3.63) is 34.4 Å². The fourth-order valence-electron chi connectivity index (χ4n) is 0.821. The Morgan fingerprint density at radius 2 is 2.07 bits per heavy atom. The highest BCUT2D eigenvalue weighted by atomic mass is 16.6. The zero-order valence-corrected chi connectivity index (χ0v) is 7.67. The predicted octanol–water partition coefficient (Wildman–Crippen LogP) is 2.39. The van der Waals surface area contributed by atoms with Crippen molar-refractivity contribution in [2.24, 2.45) is 10.3 Å². The Hall–Kier alpha value is -1.98. The molecule has 0 aliphatic heterocycles. The standard InChI is InChI=1S/C8H10N4O2/c1-2-9-11-10-7-3-5-8(6-4-7)12(13)14/h3-6H,2H2,1H3,(H,9,10). The highest BCUT2D eigenvalue weighted by molar-refractivity contribution is 5.47. The molecule has 1 aromatic rings. The number of anilines is 1. The number of non-ortho nitro benzene ring substituents is 1. The van der Waals surface area contributed by atoms with Gasteiger partial charge in [-0.2, -0.15) is 5.11 Å². The van der Waals surface area contributed by atoms with Gasteiger partial charge in [0, 0.05) is 12.1 Å². The van der Waals surface area contributed by atoms with E-state index < -0.39 is 4.92 Å². The first-order valence-electron chi connectivity index (χ1n) is 4.11. The number of benzene rings is 1. The average Bonchev–Trinajstić information content (AvgIpc) is 2.19. The second-order valence-electron chi connectivity index (χ2n) is 2.47. The number of nitrogens with one attached hydrogen (secondary N) is 1. The summed E-state index contributed by atoms with van der Waals surface area (Å²) in [6.07, 6.45) is 0. The Labute approximate surface area is 80.8 Å². The van der Waals surface area contributed by atoms with Crippen LogP contribution in [0.3, 0.4) is 0 Å². The van der Waals surface area contributed by atoms with E-state index in [-0.39, 0.29) is 5.69 Å². The number of rotatable bonds is 4. The molecule has 0 saturated carbocycles. The van der Waals surface area contributed by atoms with Gasteiger partial charge >= 0.3 is 0 Å². The maximum absolute atomic E-state index is 10.3. The number of nitro groups is 1. The van der Waals surface area contributed by atoms with Gasteiger partial charge in [0.15, 0.2) is 0 Å². The van der Waals surface area contributed by atoms with E-state index in [9.17, 15) is 10.1 Å². The summed E-state index contributed by atoms with van der Waals surface area (Å²) in [4.78, 5) is 9.87. The molecule has 74 valence electrons. The summed E-state index contributed by atoms with van der Waals surface area (Å²) in [5, 5.41) is 17.7. The number of hydrogen-bond donors (Lipinski definition) is 1. The lowest BCUT2D eigenvalue weighted by Gasteiger charge is -1.97. The fraction of sp³-hybridized carbons (Fsp3) is 0.250. The number of hydrogen-bond acceptors (Lipinski definition) is 4. The highest BCUT2D eigenvalue weighted by Gasteiger charge is 2.02. The normalized spacial score (nSPS) is 10.4. The maximum atomic E-state index is 10.3. The lowest BCUT2D eigenvalue weighted by atomic mass is 10.3. The summed E-state index contributed by atoms with van der Waals surface area (Å²) >= 11 is 0. The summed E-state index contributed by atoms with van der Waals surface area (Å²) in [6, 6.07) is 5.97. The summed E-state index contributed by atoms with van der Waals surface area (Å²) in [5.41, 5.74) is 3.38. The molecule has 6 heteroatoms. The second-order valence-corrected chi connectivity index (χ2v) is 2.47. The molecule has 0 heterocycles. The molecule has 0 unspecified atom stereocenters. The van der Waals surface area contributed by atoms with Crippen LogP contribution in [0.15, 0.2) is 34.6 Å². The zero-order valence-electron chi connectivity index (χ0n) is 7.67. The quantitative estimate of drug-likeness (QED) is 0.454. The van der Waals surface area contributed by atoms with Gasteiger partial charge in [-0.1, -0.05) is 5.22 Å². The van der Waals surface area contributed by atoms with Gasteiger partial charge in [0.25, 0.3) is 5.69 Å². The summed E-state index contributed by atoms with van der Waals surface area (Å²) in [7, 11) is 0. The van der Waals surface area contributed by atoms with Crippen molar-refractivity contribution < 1.29 is 4.92 Å². The number of nitrogens with zero attached hydrogens (tertiary/aromatic N) is 3. The van der Waals surface area contributed by atoms with Crippen LogP contribution in [0, 0.1) is 10.1 Å². The maximum Gasteiger partial charge on any atom is 0.269 e. The monoisotopic (exact) mass is 194 g/mol. The zero-order chi connectivity index (χ0) is 10.4. The third-order valence-electron chi connectivity index (χ3n) is 1.47. The van der Waals surface area contributed by atoms with Crippen LogP contribution in [0.4, 0.5) is 11.4 Å². The van der Waals surface area contributed by atoms with Gasteiger partial charge < -0.3 is 0 Å². The van der Waals surface area contributed by atoms with Crippen LogP contribution in [-0.4, -0.2) is 11.5 Å². The molecular weight excluding hydrogens is 184 g/mol. The molecule has 14 heavy (non-hydrogen) atoms. The van der Waals surface area contributed by atoms with Gasteiger partial charge in [-0.3, -0.25) is 15.5 Å². The van der Waals surface area contributed by atoms with E-state index in [1.54, 1.807) is 12.1 Å². The summed E-state index contributed by atoms with van der Waals surface area (Å²) in [5.74, 6) is 0. The Balaban J connectivity index is 2.64. The minimum absolute atomic E-state index is 0.0583. The molecule has 0 aliphatic rings. The van der Waals surface area contributed by atoms with Crippen molar-refractivity contribution in [3.63, 3.8) is 0 Å². The Kier molecular flexibility index (Phi) is 3.54. The molecule has 0 aliphatic carbocycles. The Morgan fingerprint density at radius 3 is 2.57 bits per heavy atom. The van der Waals surface area contributed by atoms with Crippen LogP contribution in [0.2, 0.25) is 0 Å². The third kappa shape index (κ3) is 2.81. The molecule has 1 N–H and O–H groups in total. The van der Waals surface area contributed by atoms with Crippen molar-refractivity contribution in [1.82, 2.24) is 0 Å². The smallest absolute Gasteiger partial charge is 0.260 e. The van der Waals surface area contributed by atoms with Gasteiger partial charge in [0.2, 0.25) is 0 Å². The van der Waals surface area contributed by atoms with Crippen molar-refractivity contribution in [2.75, 3.05) is 12.0 Å². The second kappa shape index (κ2) is 4.90. The van der Waals surface area contributed by atoms with E-state index in [1.165, 1.54) is 12.1 Å². The number of nitro benzene ring substituents is 1. The van der Waals surface area contributed by atoms with E-state index in [0.717, 1.165) is 0 Å². The SMILES string of the molecule is CCN=NNc1ccc([N+](=O)[O-])cc1. The lowest BCUT2D eigenvalue weighted by molar-refractivity contribution is -0.384. The van der Waals surface area contributed by atoms with Crippen molar-refractivity contribution in [2.45, 2.75) is 6.92 Å². The van der Waals surface area contributed by atoms with E-state index in [0.29, 0.717) is 12.2 Å². The van der Waals surface area contributed by atoms with Crippen molar-refractivity contribution in [1.29, 1.82) is 0 Å². The average molecular weight is 194 g/mol. The van der Waals surface area contributed by atoms with Crippen LogP contribution < -0.4 is 5.43 Å². The lowest BCUT2D eigenvalue weighted by Crippen LogP contribution is -1.90. The van der Waals surface area contributed by atoms with Gasteiger partial charge in [-0.05, 0) is 19.1 Å². The van der Waals surface area contributed by atoms with Crippen molar-refractivity contribution in [3.8, 4) is 0 Å². The predicted molar refractivity (Wildman–Crippen MR) is 52.1 cm³/mol. The Bertz CT molecular complexity index is 334. The molecule has 1 rings (SSSR count). The molecule has 0 saturated heterocycles. The Morgan fingerprint density at radius 1 is 1.43 bits per heavy atom. The van der Waals surface area contributed by atoms with Crippen LogP contribution in [-0.2, 0) is 0 Å². The topological polar surface area (TPSA) is 79.9 Å². The summed E-state index contributed by atoms with van der Waals surface area (Å²) in [6.45, 7) is 2.46. The molecule has 1 aromatic carbocycles. The van der Waals surface area contributed by atoms with E-state index in [1.807, 2.05) is 6.92 Å². The molecule has 6 nitrogen and oxygen atoms in total. The largest absolute Gasteiger partial charge is 0.269 e. The minimum Gasteiger partial charge on any atom is -0.260 e. The van der Waals surface area contributed by atoms with E-state index >= 15 is 0 Å². The molecule has 0 spiro atoms. The summed E-state index contributed by atoms with van der Waals surface area (Å²) < 4.78 is 0. The van der Waals surface area contributed by atoms with E-state index in [4.69, 9.17) is 0 Å². The fourth-order valence-corrected chi connectivity index (χ4v) is 0.821. The van der Waals surface area contributed by atoms with Crippen LogP contribution in [0.1, 0.15) is 6.92 Å². The molecule has 0 fully saturated rings. The van der Waals surface area contributed by atoms with Crippen LogP contribution in [0.5, 0.6) is 0 Å². The van der Waals surface area contributed by atoms with Gasteiger partial charge in [-0.15, -0.1) is 0 Å². The third-order valence-corrected chi connectivity index (χ3v) is 1.47. The van der Waals surface area contributed by atoms with Gasteiger partial charge in [0.1, 0.15) is 0 Å². The molecule has 0 amide bonds. The van der Waals surface area contributed by atoms with E-state index in [2.05, 4.69) is 15.8 Å². The van der Waals surface area contributed by atoms with Gasteiger partial charge in [-0.25, -0.2) is 0 Å². The first-order valence-corrected chi connectivity index (χ1v) is 4.11. The van der Waals surface area contributed by atoms with Crippen molar-refractivity contribution >= 4 is 11.4 Å². The van der Waals surface area contributed by atoms with Crippen LogP contribution in [0.25, 0.3) is 0 Å². The first-order chi connectivity index (χ1) is 6.74. The molecule has 0 atom stereocenters. The van der Waals surface area contributed by atoms with Gasteiger partial charge in [0.05, 0.1) is 17.2 Å². The minimum atomic E-state index is -0.447. The highest BCUT2D eigenvalue weighted by Crippen LogP contribution is 2.15. The molecule has 0 radical (unpaired) electrons. The molecule has 0 bridgehead atoms. The molecule has 0 aromatic heterocycles.